The summed E-state index contributed by atoms with van der Waals surface area (Å²) in [5.41, 5.74) is 3.04. The Morgan fingerprint density at radius 3 is 2.92 bits per heavy atom. The molecule has 1 aromatic rings. The summed E-state index contributed by atoms with van der Waals surface area (Å²) in [7, 11) is 0. The van der Waals surface area contributed by atoms with Gasteiger partial charge in [0.1, 0.15) is 10.3 Å². The maximum Gasteiger partial charge on any atom is 0.183 e. The van der Waals surface area contributed by atoms with Crippen LogP contribution < -0.4 is 15.9 Å². The van der Waals surface area contributed by atoms with Gasteiger partial charge in [-0.15, -0.1) is 0 Å². The van der Waals surface area contributed by atoms with Gasteiger partial charge in [-0.2, -0.15) is 0 Å². The average molecular weight is 544 g/mol. The predicted molar refractivity (Wildman–Crippen MR) is 112 cm³/mol. The summed E-state index contributed by atoms with van der Waals surface area (Å²) in [4.78, 5) is 21.4. The molecule has 8 heteroatoms. The van der Waals surface area contributed by atoms with Gasteiger partial charge < -0.3 is 10.4 Å². The number of anilines is 1. The second-order valence-corrected chi connectivity index (χ2v) is 9.76. The average Bonchev–Trinajstić information content (AvgIpc) is 2.96. The number of allylic oxidation sites excluding steroid dienone is 2. The molecule has 0 amide bonds. The van der Waals surface area contributed by atoms with Crippen molar-refractivity contribution in [3.05, 3.63) is 26.7 Å². The lowest BCUT2D eigenvalue weighted by atomic mass is 9.68. The number of carbonyl (C=O) groups is 1. The van der Waals surface area contributed by atoms with Crippen LogP contribution >= 0.6 is 47.8 Å². The molecular formula is C18H14Br3N3O2. The lowest BCUT2D eigenvalue weighted by Gasteiger charge is -2.41. The molecule has 0 aromatic heterocycles. The van der Waals surface area contributed by atoms with Crippen molar-refractivity contribution in [3.63, 3.8) is 0 Å². The first-order valence-corrected chi connectivity index (χ1v) is 11.0. The number of carbonyl (C=O) groups excluding carboxylic acids is 1. The number of nitrogens with zero attached hydrogens (tertiary/aromatic N) is 2. The van der Waals surface area contributed by atoms with Gasteiger partial charge >= 0.3 is 0 Å². The normalized spacial score (nSPS) is 28.8. The van der Waals surface area contributed by atoms with Crippen molar-refractivity contribution in [1.82, 2.24) is 0 Å². The van der Waals surface area contributed by atoms with E-state index in [0.29, 0.717) is 35.4 Å². The van der Waals surface area contributed by atoms with Gasteiger partial charge in [0, 0.05) is 29.3 Å². The van der Waals surface area contributed by atoms with Crippen LogP contribution in [0.5, 0.6) is 5.75 Å². The summed E-state index contributed by atoms with van der Waals surface area (Å²) in [6, 6.07) is 0. The molecule has 0 bridgehead atoms. The first-order chi connectivity index (χ1) is 12.4. The summed E-state index contributed by atoms with van der Waals surface area (Å²) in [6.45, 7) is 1.41. The van der Waals surface area contributed by atoms with E-state index in [0.717, 1.165) is 39.2 Å². The topological polar surface area (TPSA) is 74.0 Å². The number of phenolic OH excluding ortho intramolecular Hbond substituents is 1. The molecule has 134 valence electrons. The Labute approximate surface area is 174 Å². The van der Waals surface area contributed by atoms with Gasteiger partial charge in [0.2, 0.25) is 0 Å². The van der Waals surface area contributed by atoms with E-state index in [1.54, 1.807) is 0 Å². The molecule has 0 saturated heterocycles. The van der Waals surface area contributed by atoms with E-state index in [9.17, 15) is 9.90 Å². The largest absolute Gasteiger partial charge is 0.504 e. The predicted octanol–water partition coefficient (Wildman–Crippen LogP) is 3.07. The molecule has 5 nitrogen and oxygen atoms in total. The molecule has 3 heterocycles. The van der Waals surface area contributed by atoms with Crippen LogP contribution in [0.3, 0.4) is 0 Å². The minimum atomic E-state index is -0.357. The van der Waals surface area contributed by atoms with Crippen molar-refractivity contribution in [1.29, 1.82) is 0 Å². The molecule has 26 heavy (non-hydrogen) atoms. The molecule has 1 spiro atoms. The molecule has 1 aliphatic carbocycles. The number of fused-ring (bicyclic) bond motifs is 3. The Hall–Kier alpha value is -0.990. The number of alkyl halides is 1. The highest BCUT2D eigenvalue weighted by atomic mass is 79.9. The van der Waals surface area contributed by atoms with Crippen molar-refractivity contribution >= 4 is 75.1 Å². The highest BCUT2D eigenvalue weighted by Gasteiger charge is 2.45. The zero-order valence-corrected chi connectivity index (χ0v) is 18.3. The minimum absolute atomic E-state index is 0.0602. The molecule has 2 unspecified atom stereocenters. The van der Waals surface area contributed by atoms with Gasteiger partial charge in [-0.25, -0.2) is 4.99 Å². The maximum absolute atomic E-state index is 12.3. The van der Waals surface area contributed by atoms with Gasteiger partial charge in [0.15, 0.2) is 11.5 Å². The van der Waals surface area contributed by atoms with E-state index < -0.39 is 0 Å². The van der Waals surface area contributed by atoms with Crippen molar-refractivity contribution in [2.24, 2.45) is 9.98 Å². The highest BCUT2D eigenvalue weighted by molar-refractivity contribution is 9.18. The van der Waals surface area contributed by atoms with Crippen LogP contribution in [0.1, 0.15) is 24.8 Å². The van der Waals surface area contributed by atoms with Crippen LogP contribution in [-0.4, -0.2) is 33.4 Å². The van der Waals surface area contributed by atoms with Gasteiger partial charge in [-0.05, 0) is 56.7 Å². The van der Waals surface area contributed by atoms with E-state index in [1.165, 1.54) is 0 Å². The van der Waals surface area contributed by atoms with Gasteiger partial charge in [0.05, 0.1) is 20.4 Å². The number of phenols is 1. The summed E-state index contributed by atoms with van der Waals surface area (Å²) >= 11 is 10.5. The van der Waals surface area contributed by atoms with Crippen LogP contribution in [0, 0.1) is 0 Å². The lowest BCUT2D eigenvalue weighted by molar-refractivity contribution is -0.115. The van der Waals surface area contributed by atoms with Crippen LogP contribution in [0.15, 0.2) is 20.5 Å². The molecular weight excluding hydrogens is 530 g/mol. The van der Waals surface area contributed by atoms with E-state index in [4.69, 9.17) is 4.99 Å². The van der Waals surface area contributed by atoms with Crippen LogP contribution in [0.4, 0.5) is 11.4 Å². The van der Waals surface area contributed by atoms with Gasteiger partial charge in [-0.1, -0.05) is 22.0 Å². The van der Waals surface area contributed by atoms with Gasteiger partial charge in [0.25, 0.3) is 0 Å². The van der Waals surface area contributed by atoms with Crippen molar-refractivity contribution < 1.29 is 9.90 Å². The molecule has 1 aromatic carbocycles. The van der Waals surface area contributed by atoms with Crippen molar-refractivity contribution in [2.75, 3.05) is 18.4 Å². The number of hydrogen-bond acceptors (Lipinski definition) is 5. The molecule has 2 atom stereocenters. The number of Topliss-reactive ketones (excluding diaryl/α,β-unsaturated/α-hetero) is 1. The zero-order valence-electron chi connectivity index (χ0n) is 13.6. The molecule has 0 saturated carbocycles. The first-order valence-electron chi connectivity index (χ1n) is 8.45. The molecule has 3 aliphatic heterocycles. The smallest absolute Gasteiger partial charge is 0.183 e. The molecule has 2 N–H and O–H groups in total. The summed E-state index contributed by atoms with van der Waals surface area (Å²) in [5, 5.41) is 16.2. The highest BCUT2D eigenvalue weighted by Crippen LogP contribution is 2.50. The van der Waals surface area contributed by atoms with Crippen LogP contribution in [0.25, 0.3) is 5.57 Å². The van der Waals surface area contributed by atoms with Crippen LogP contribution in [0.2, 0.25) is 0 Å². The molecule has 0 radical (unpaired) electrons. The summed E-state index contributed by atoms with van der Waals surface area (Å²) < 4.78 is 1.37. The fraction of sp³-hybridized carbons (Fsp3) is 0.389. The minimum Gasteiger partial charge on any atom is -0.504 e. The third kappa shape index (κ3) is 2.15. The number of halogens is 3. The quantitative estimate of drug-likeness (QED) is 0.390. The number of rotatable bonds is 0. The standard InChI is InChI=1S/C18H14Br3N3O2/c19-8-5-18(6-9(20)15(8)25)2-4-23-14-11(18)12-10-7(1-3-22-12)17(21)24-13(10)16(14)26/h5,9,23,26H,1-4,6H2. The van der Waals surface area contributed by atoms with Gasteiger partial charge in [-0.3, -0.25) is 9.79 Å². The van der Waals surface area contributed by atoms with E-state index in [1.807, 2.05) is 6.08 Å². The number of nitrogens with one attached hydrogen (secondary N) is 1. The van der Waals surface area contributed by atoms with Crippen molar-refractivity contribution in [3.8, 4) is 5.75 Å². The lowest BCUT2D eigenvalue weighted by Crippen LogP contribution is -2.47. The Morgan fingerprint density at radius 2 is 2.15 bits per heavy atom. The third-order valence-corrected chi connectivity index (χ3v) is 7.67. The zero-order chi connectivity index (χ0) is 18.2. The third-order valence-electron chi connectivity index (χ3n) is 5.65. The molecule has 0 fully saturated rings. The molecule has 5 rings (SSSR count). The van der Waals surface area contributed by atoms with Crippen molar-refractivity contribution in [2.45, 2.75) is 29.5 Å². The Kier molecular flexibility index (Phi) is 3.79. The Balaban J connectivity index is 1.92. The second kappa shape index (κ2) is 5.75. The maximum atomic E-state index is 12.3. The van der Waals surface area contributed by atoms with Crippen LogP contribution in [-0.2, 0) is 10.2 Å². The number of aromatic hydroxyl groups is 1. The summed E-state index contributed by atoms with van der Waals surface area (Å²) in [5.74, 6) is 0.236. The first kappa shape index (κ1) is 17.1. The number of hydrogen-bond donors (Lipinski definition) is 2. The number of benzene rings is 1. The fourth-order valence-corrected chi connectivity index (χ4v) is 6.94. The van der Waals surface area contributed by atoms with E-state index in [-0.39, 0.29) is 21.8 Å². The van der Waals surface area contributed by atoms with E-state index >= 15 is 0 Å². The number of aliphatic imine (C=N–C) groups is 1. The SMILES string of the molecule is O=C1C(Br)=CC2(CCNc3c(O)c4c5c(c32)=NCCC=5C(Br)=N4)CC1Br. The second-order valence-electron chi connectivity index (χ2n) is 7.04. The molecule has 4 aliphatic rings. The number of ketones is 1. The Bertz CT molecular complexity index is 1080. The monoisotopic (exact) mass is 541 g/mol. The summed E-state index contributed by atoms with van der Waals surface area (Å²) in [6.07, 6.45) is 4.31. The Morgan fingerprint density at radius 1 is 1.35 bits per heavy atom. The fourth-order valence-electron chi connectivity index (χ4n) is 4.52. The van der Waals surface area contributed by atoms with E-state index in [2.05, 4.69) is 58.1 Å².